The molecule has 0 unspecified atom stereocenters. The number of hydrogen-bond acceptors (Lipinski definition) is 4. The lowest BCUT2D eigenvalue weighted by atomic mass is 10.2. The van der Waals surface area contributed by atoms with Crippen molar-refractivity contribution in [2.45, 2.75) is 33.2 Å². The molecule has 1 saturated carbocycles. The van der Waals surface area contributed by atoms with E-state index < -0.39 is 0 Å². The molecule has 1 N–H and O–H groups in total. The fourth-order valence-electron chi connectivity index (χ4n) is 1.45. The average molecular weight is 221 g/mol. The number of aryl methyl sites for hydroxylation is 1. The van der Waals surface area contributed by atoms with Crippen LogP contribution in [0.3, 0.4) is 0 Å². The van der Waals surface area contributed by atoms with Crippen LogP contribution in [0.25, 0.3) is 0 Å². The first-order valence-corrected chi connectivity index (χ1v) is 5.95. The molecule has 0 amide bonds. The predicted octanol–water partition coefficient (Wildman–Crippen LogP) is 1.68. The Morgan fingerprint density at radius 3 is 2.94 bits per heavy atom. The molecular weight excluding hydrogens is 202 g/mol. The first-order chi connectivity index (χ1) is 7.79. The minimum Gasteiger partial charge on any atom is -0.463 e. The smallest absolute Gasteiger partial charge is 0.316 e. The molecule has 1 aromatic rings. The SMILES string of the molecule is CCNCc1cnc(OCC2CC2)nc1C. The van der Waals surface area contributed by atoms with E-state index >= 15 is 0 Å². The molecule has 16 heavy (non-hydrogen) atoms. The van der Waals surface area contributed by atoms with Gasteiger partial charge < -0.3 is 10.1 Å². The molecule has 0 saturated heterocycles. The van der Waals surface area contributed by atoms with E-state index in [1.165, 1.54) is 12.8 Å². The number of hydrogen-bond donors (Lipinski definition) is 1. The zero-order valence-corrected chi connectivity index (χ0v) is 9.99. The topological polar surface area (TPSA) is 47.0 Å². The Balaban J connectivity index is 1.91. The number of aromatic nitrogens is 2. The van der Waals surface area contributed by atoms with E-state index in [-0.39, 0.29) is 0 Å². The van der Waals surface area contributed by atoms with E-state index in [4.69, 9.17) is 4.74 Å². The fraction of sp³-hybridized carbons (Fsp3) is 0.667. The van der Waals surface area contributed by atoms with Crippen LogP contribution in [0.4, 0.5) is 0 Å². The van der Waals surface area contributed by atoms with Gasteiger partial charge in [-0.2, -0.15) is 0 Å². The van der Waals surface area contributed by atoms with Crippen molar-refractivity contribution in [1.29, 1.82) is 0 Å². The number of nitrogens with zero attached hydrogens (tertiary/aromatic N) is 2. The van der Waals surface area contributed by atoms with Gasteiger partial charge in [0.2, 0.25) is 0 Å². The Hall–Kier alpha value is -1.16. The van der Waals surface area contributed by atoms with Gasteiger partial charge in [0.05, 0.1) is 6.61 Å². The summed E-state index contributed by atoms with van der Waals surface area (Å²) < 4.78 is 5.53. The molecule has 0 radical (unpaired) electrons. The predicted molar refractivity (Wildman–Crippen MR) is 62.4 cm³/mol. The molecule has 1 aromatic heterocycles. The highest BCUT2D eigenvalue weighted by molar-refractivity contribution is 5.17. The van der Waals surface area contributed by atoms with Gasteiger partial charge in [0.25, 0.3) is 0 Å². The van der Waals surface area contributed by atoms with Gasteiger partial charge in [0, 0.05) is 24.0 Å². The minimum absolute atomic E-state index is 0.518. The van der Waals surface area contributed by atoms with Crippen molar-refractivity contribution in [2.75, 3.05) is 13.2 Å². The van der Waals surface area contributed by atoms with Crippen molar-refractivity contribution in [3.05, 3.63) is 17.5 Å². The summed E-state index contributed by atoms with van der Waals surface area (Å²) in [4.78, 5) is 8.57. The van der Waals surface area contributed by atoms with Crippen molar-refractivity contribution in [1.82, 2.24) is 15.3 Å². The van der Waals surface area contributed by atoms with E-state index in [0.717, 1.165) is 36.9 Å². The van der Waals surface area contributed by atoms with Gasteiger partial charge in [-0.25, -0.2) is 9.97 Å². The molecule has 2 rings (SSSR count). The molecule has 0 atom stereocenters. The van der Waals surface area contributed by atoms with Crippen molar-refractivity contribution in [3.63, 3.8) is 0 Å². The molecule has 0 aromatic carbocycles. The van der Waals surface area contributed by atoms with Crippen LogP contribution >= 0.6 is 0 Å². The van der Waals surface area contributed by atoms with Crippen LogP contribution in [0.15, 0.2) is 6.20 Å². The van der Waals surface area contributed by atoms with E-state index in [9.17, 15) is 0 Å². The Morgan fingerprint density at radius 1 is 1.50 bits per heavy atom. The average Bonchev–Trinajstić information content (AvgIpc) is 3.09. The molecule has 0 spiro atoms. The normalized spacial score (nSPS) is 15.1. The zero-order valence-electron chi connectivity index (χ0n) is 9.99. The maximum absolute atomic E-state index is 5.53. The molecule has 1 fully saturated rings. The summed E-state index contributed by atoms with van der Waals surface area (Å²) in [5, 5.41) is 3.26. The van der Waals surface area contributed by atoms with E-state index in [1.54, 1.807) is 0 Å². The third-order valence-electron chi connectivity index (χ3n) is 2.77. The van der Waals surface area contributed by atoms with Crippen LogP contribution in [0.1, 0.15) is 31.0 Å². The molecule has 4 nitrogen and oxygen atoms in total. The summed E-state index contributed by atoms with van der Waals surface area (Å²) in [5.74, 6) is 0.741. The second-order valence-corrected chi connectivity index (χ2v) is 4.30. The van der Waals surface area contributed by atoms with Crippen LogP contribution in [-0.4, -0.2) is 23.1 Å². The first-order valence-electron chi connectivity index (χ1n) is 5.95. The van der Waals surface area contributed by atoms with Gasteiger partial charge in [0.15, 0.2) is 0 Å². The van der Waals surface area contributed by atoms with Gasteiger partial charge in [-0.15, -0.1) is 0 Å². The maximum atomic E-state index is 5.53. The zero-order chi connectivity index (χ0) is 11.4. The molecule has 1 aliphatic carbocycles. The van der Waals surface area contributed by atoms with Crippen LogP contribution in [0.2, 0.25) is 0 Å². The van der Waals surface area contributed by atoms with Crippen molar-refractivity contribution in [2.24, 2.45) is 5.92 Å². The molecular formula is C12H19N3O. The van der Waals surface area contributed by atoms with Crippen LogP contribution in [-0.2, 0) is 6.54 Å². The van der Waals surface area contributed by atoms with Gasteiger partial charge in [-0.05, 0) is 32.2 Å². The first kappa shape index (κ1) is 11.3. The second kappa shape index (κ2) is 5.25. The molecule has 0 aliphatic heterocycles. The number of rotatable bonds is 6. The fourth-order valence-corrected chi connectivity index (χ4v) is 1.45. The van der Waals surface area contributed by atoms with Gasteiger partial charge in [0.1, 0.15) is 0 Å². The largest absolute Gasteiger partial charge is 0.463 e. The molecule has 1 heterocycles. The van der Waals surface area contributed by atoms with Crippen LogP contribution in [0.5, 0.6) is 6.01 Å². The molecule has 88 valence electrons. The quantitative estimate of drug-likeness (QED) is 0.794. The van der Waals surface area contributed by atoms with E-state index in [2.05, 4.69) is 22.2 Å². The Morgan fingerprint density at radius 2 is 2.31 bits per heavy atom. The van der Waals surface area contributed by atoms with E-state index in [0.29, 0.717) is 6.01 Å². The second-order valence-electron chi connectivity index (χ2n) is 4.30. The summed E-state index contributed by atoms with van der Waals surface area (Å²) in [5.41, 5.74) is 2.14. The van der Waals surface area contributed by atoms with Gasteiger partial charge >= 0.3 is 6.01 Å². The molecule has 4 heteroatoms. The third-order valence-corrected chi connectivity index (χ3v) is 2.77. The van der Waals surface area contributed by atoms with Crippen LogP contribution in [0, 0.1) is 12.8 Å². The summed E-state index contributed by atoms with van der Waals surface area (Å²) in [6, 6.07) is 0.518. The lowest BCUT2D eigenvalue weighted by Gasteiger charge is -2.07. The van der Waals surface area contributed by atoms with Crippen LogP contribution < -0.4 is 10.1 Å². The lowest BCUT2D eigenvalue weighted by molar-refractivity contribution is 0.275. The number of ether oxygens (including phenoxy) is 1. The van der Waals surface area contributed by atoms with Crippen molar-refractivity contribution >= 4 is 0 Å². The van der Waals surface area contributed by atoms with Crippen molar-refractivity contribution < 1.29 is 4.74 Å². The summed E-state index contributed by atoms with van der Waals surface area (Å²) in [7, 11) is 0. The molecule has 1 aliphatic rings. The maximum Gasteiger partial charge on any atom is 0.316 e. The highest BCUT2D eigenvalue weighted by atomic mass is 16.5. The van der Waals surface area contributed by atoms with Gasteiger partial charge in [-0.3, -0.25) is 0 Å². The van der Waals surface area contributed by atoms with E-state index in [1.807, 2.05) is 13.1 Å². The van der Waals surface area contributed by atoms with Crippen molar-refractivity contribution in [3.8, 4) is 6.01 Å². The highest BCUT2D eigenvalue weighted by Gasteiger charge is 2.22. The Labute approximate surface area is 96.4 Å². The standard InChI is InChI=1S/C12H19N3O/c1-3-13-6-11-7-14-12(15-9(11)2)16-8-10-4-5-10/h7,10,13H,3-6,8H2,1-2H3. The highest BCUT2D eigenvalue weighted by Crippen LogP contribution is 2.28. The third kappa shape index (κ3) is 3.17. The number of nitrogens with one attached hydrogen (secondary N) is 1. The van der Waals surface area contributed by atoms with Gasteiger partial charge in [-0.1, -0.05) is 6.92 Å². The summed E-state index contributed by atoms with van der Waals surface area (Å²) >= 11 is 0. The Kier molecular flexibility index (Phi) is 3.72. The summed E-state index contributed by atoms with van der Waals surface area (Å²) in [6.07, 6.45) is 4.43. The summed E-state index contributed by atoms with van der Waals surface area (Å²) in [6.45, 7) is 6.64. The molecule has 0 bridgehead atoms. The Bertz CT molecular complexity index is 350. The lowest BCUT2D eigenvalue weighted by Crippen LogP contribution is -2.14. The monoisotopic (exact) mass is 221 g/mol. The minimum atomic E-state index is 0.518.